The second kappa shape index (κ2) is 9.36. The van der Waals surface area contributed by atoms with E-state index < -0.39 is 12.3 Å². The van der Waals surface area contributed by atoms with Crippen LogP contribution in [0.25, 0.3) is 0 Å². The van der Waals surface area contributed by atoms with Crippen molar-refractivity contribution >= 4 is 11.9 Å². The molecule has 1 N–H and O–H groups in total. The summed E-state index contributed by atoms with van der Waals surface area (Å²) in [4.78, 5) is 29.7. The summed E-state index contributed by atoms with van der Waals surface area (Å²) in [5.41, 5.74) is 0.493. The van der Waals surface area contributed by atoms with Gasteiger partial charge in [0.05, 0.1) is 18.0 Å². The van der Waals surface area contributed by atoms with E-state index >= 15 is 0 Å². The normalized spacial score (nSPS) is 18.4. The number of nitrogens with zero attached hydrogens (tertiary/aromatic N) is 1. The molecule has 1 atom stereocenters. The lowest BCUT2D eigenvalue weighted by atomic mass is 9.98. The molecule has 132 valence electrons. The van der Waals surface area contributed by atoms with E-state index in [1.54, 1.807) is 29.3 Å². The molecule has 0 radical (unpaired) electrons. The third-order valence-electron chi connectivity index (χ3n) is 3.95. The predicted molar refractivity (Wildman–Crippen MR) is 87.0 cm³/mol. The number of benzene rings is 1. The number of rotatable bonds is 7. The minimum atomic E-state index is -0.468. The van der Waals surface area contributed by atoms with E-state index in [1.165, 1.54) is 14.2 Å². The summed E-state index contributed by atoms with van der Waals surface area (Å²) in [6.07, 6.45) is 1.08. The molecule has 1 aliphatic heterocycles. The highest BCUT2D eigenvalue weighted by Crippen LogP contribution is 2.18. The number of piperidine rings is 1. The van der Waals surface area contributed by atoms with Crippen molar-refractivity contribution in [1.29, 1.82) is 0 Å². The summed E-state index contributed by atoms with van der Waals surface area (Å²) in [5, 5.41) is 4.37. The standard InChI is InChI=1S/C17H24N2O5/c1-22-15(23-2)11-18-16(20)14-9-6-10-19(12-14)24-17(21)13-7-4-3-5-8-13/h3-5,7-8,14-15H,6,9-12H2,1-2H3,(H,18,20). The van der Waals surface area contributed by atoms with Crippen LogP contribution in [-0.2, 0) is 19.1 Å². The van der Waals surface area contributed by atoms with Gasteiger partial charge in [-0.3, -0.25) is 4.79 Å². The fourth-order valence-corrected chi connectivity index (χ4v) is 2.57. The molecule has 7 heteroatoms. The van der Waals surface area contributed by atoms with Gasteiger partial charge < -0.3 is 19.6 Å². The number of amides is 1. The van der Waals surface area contributed by atoms with Crippen LogP contribution >= 0.6 is 0 Å². The Morgan fingerprint density at radius 2 is 1.96 bits per heavy atom. The Labute approximate surface area is 141 Å². The van der Waals surface area contributed by atoms with E-state index in [2.05, 4.69) is 5.32 Å². The molecule has 1 aliphatic rings. The van der Waals surface area contributed by atoms with Crippen LogP contribution in [-0.4, -0.2) is 57.1 Å². The summed E-state index contributed by atoms with van der Waals surface area (Å²) in [6.45, 7) is 1.29. The Balaban J connectivity index is 1.83. The molecule has 1 fully saturated rings. The van der Waals surface area contributed by atoms with Crippen LogP contribution in [0.15, 0.2) is 30.3 Å². The number of hydroxylamine groups is 2. The number of nitrogens with one attached hydrogen (secondary N) is 1. The lowest BCUT2D eigenvalue weighted by Crippen LogP contribution is -2.45. The van der Waals surface area contributed by atoms with Gasteiger partial charge in [-0.2, -0.15) is 0 Å². The van der Waals surface area contributed by atoms with Gasteiger partial charge in [0.1, 0.15) is 0 Å². The molecule has 2 rings (SSSR count). The maximum absolute atomic E-state index is 12.2. The van der Waals surface area contributed by atoms with E-state index in [9.17, 15) is 9.59 Å². The van der Waals surface area contributed by atoms with Gasteiger partial charge in [0.2, 0.25) is 5.91 Å². The second-order valence-corrected chi connectivity index (χ2v) is 5.62. The number of hydrogen-bond acceptors (Lipinski definition) is 6. The highest BCUT2D eigenvalue weighted by molar-refractivity contribution is 5.89. The largest absolute Gasteiger partial charge is 0.364 e. The first kappa shape index (κ1) is 18.4. The molecule has 24 heavy (non-hydrogen) atoms. The number of carbonyl (C=O) groups excluding carboxylic acids is 2. The van der Waals surface area contributed by atoms with Crippen molar-refractivity contribution in [2.75, 3.05) is 33.9 Å². The fourth-order valence-electron chi connectivity index (χ4n) is 2.57. The Morgan fingerprint density at radius 1 is 1.25 bits per heavy atom. The van der Waals surface area contributed by atoms with E-state index in [0.717, 1.165) is 12.8 Å². The number of carbonyl (C=O) groups is 2. The van der Waals surface area contributed by atoms with Gasteiger partial charge in [-0.15, -0.1) is 5.06 Å². The van der Waals surface area contributed by atoms with Gasteiger partial charge in [0.15, 0.2) is 6.29 Å². The van der Waals surface area contributed by atoms with Crippen LogP contribution in [0, 0.1) is 5.92 Å². The molecular formula is C17H24N2O5. The van der Waals surface area contributed by atoms with E-state index in [1.807, 2.05) is 6.07 Å². The molecule has 1 aromatic rings. The van der Waals surface area contributed by atoms with Crippen molar-refractivity contribution in [3.63, 3.8) is 0 Å². The zero-order valence-electron chi connectivity index (χ0n) is 14.1. The Morgan fingerprint density at radius 3 is 2.62 bits per heavy atom. The van der Waals surface area contributed by atoms with Gasteiger partial charge in [0.25, 0.3) is 0 Å². The summed E-state index contributed by atoms with van der Waals surface area (Å²) in [6, 6.07) is 8.81. The first-order valence-corrected chi connectivity index (χ1v) is 7.99. The molecule has 0 aromatic heterocycles. The maximum atomic E-state index is 12.2. The first-order valence-electron chi connectivity index (χ1n) is 7.99. The molecule has 1 amide bonds. The van der Waals surface area contributed by atoms with Gasteiger partial charge >= 0.3 is 5.97 Å². The molecule has 0 bridgehead atoms. The molecule has 0 saturated carbocycles. The lowest BCUT2D eigenvalue weighted by molar-refractivity contribution is -0.149. The molecular weight excluding hydrogens is 312 g/mol. The van der Waals surface area contributed by atoms with Gasteiger partial charge in [-0.1, -0.05) is 18.2 Å². The minimum Gasteiger partial charge on any atom is -0.364 e. The number of methoxy groups -OCH3 is 2. The van der Waals surface area contributed by atoms with E-state index in [0.29, 0.717) is 18.7 Å². The Bertz CT molecular complexity index is 533. The number of hydrogen-bond donors (Lipinski definition) is 1. The smallest absolute Gasteiger partial charge is 0.357 e. The van der Waals surface area contributed by atoms with Crippen LogP contribution in [0.3, 0.4) is 0 Å². The van der Waals surface area contributed by atoms with E-state index in [-0.39, 0.29) is 18.4 Å². The quantitative estimate of drug-likeness (QED) is 0.754. The summed E-state index contributed by atoms with van der Waals surface area (Å²) in [5.74, 6) is -0.721. The van der Waals surface area contributed by atoms with Crippen molar-refractivity contribution < 1.29 is 23.9 Å². The fraction of sp³-hybridized carbons (Fsp3) is 0.529. The molecule has 1 saturated heterocycles. The zero-order chi connectivity index (χ0) is 17.4. The van der Waals surface area contributed by atoms with Crippen LogP contribution in [0.5, 0.6) is 0 Å². The monoisotopic (exact) mass is 336 g/mol. The van der Waals surface area contributed by atoms with Crippen LogP contribution < -0.4 is 5.32 Å². The third-order valence-corrected chi connectivity index (χ3v) is 3.95. The van der Waals surface area contributed by atoms with Crippen LogP contribution in [0.2, 0.25) is 0 Å². The zero-order valence-corrected chi connectivity index (χ0v) is 14.1. The molecule has 0 aliphatic carbocycles. The highest BCUT2D eigenvalue weighted by atomic mass is 16.7. The molecule has 1 unspecified atom stereocenters. The van der Waals surface area contributed by atoms with Crippen LogP contribution in [0.4, 0.5) is 0 Å². The summed E-state index contributed by atoms with van der Waals surface area (Å²) < 4.78 is 10.1. The first-order chi connectivity index (χ1) is 11.6. The Hall–Kier alpha value is -1.96. The van der Waals surface area contributed by atoms with Gasteiger partial charge in [-0.05, 0) is 25.0 Å². The van der Waals surface area contributed by atoms with Crippen molar-refractivity contribution in [2.24, 2.45) is 5.92 Å². The summed E-state index contributed by atoms with van der Waals surface area (Å²) >= 11 is 0. The van der Waals surface area contributed by atoms with Crippen molar-refractivity contribution in [3.8, 4) is 0 Å². The molecule has 7 nitrogen and oxygen atoms in total. The highest BCUT2D eigenvalue weighted by Gasteiger charge is 2.28. The minimum absolute atomic E-state index is 0.0884. The summed E-state index contributed by atoms with van der Waals surface area (Å²) in [7, 11) is 3.04. The lowest BCUT2D eigenvalue weighted by Gasteiger charge is -2.30. The molecule has 1 heterocycles. The van der Waals surface area contributed by atoms with Crippen LogP contribution in [0.1, 0.15) is 23.2 Å². The van der Waals surface area contributed by atoms with Crippen molar-refractivity contribution in [2.45, 2.75) is 19.1 Å². The van der Waals surface area contributed by atoms with Crippen molar-refractivity contribution in [1.82, 2.24) is 10.4 Å². The average Bonchev–Trinajstić information content (AvgIpc) is 2.63. The van der Waals surface area contributed by atoms with Gasteiger partial charge in [0, 0.05) is 27.3 Å². The maximum Gasteiger partial charge on any atom is 0.357 e. The molecule has 1 aromatic carbocycles. The molecule has 0 spiro atoms. The SMILES string of the molecule is COC(CNC(=O)C1CCCN(OC(=O)c2ccccc2)C1)OC. The van der Waals surface area contributed by atoms with Crippen molar-refractivity contribution in [3.05, 3.63) is 35.9 Å². The second-order valence-electron chi connectivity index (χ2n) is 5.62. The average molecular weight is 336 g/mol. The number of ether oxygens (including phenoxy) is 2. The van der Waals surface area contributed by atoms with E-state index in [4.69, 9.17) is 14.3 Å². The van der Waals surface area contributed by atoms with Gasteiger partial charge in [-0.25, -0.2) is 4.79 Å². The predicted octanol–water partition coefficient (Wildman–Crippen LogP) is 1.21. The topological polar surface area (TPSA) is 77.1 Å². The third kappa shape index (κ3) is 5.30. The Kier molecular flexibility index (Phi) is 7.17.